The lowest BCUT2D eigenvalue weighted by Gasteiger charge is -2.37. The molecule has 5 heteroatoms. The monoisotopic (exact) mass is 412 g/mol. The molecule has 0 bridgehead atoms. The van der Waals surface area contributed by atoms with Crippen molar-refractivity contribution >= 4 is 17.4 Å². The zero-order valence-electron chi connectivity index (χ0n) is 16.7. The van der Waals surface area contributed by atoms with Crippen molar-refractivity contribution < 1.29 is 19.0 Å². The minimum absolute atomic E-state index is 0.0201. The van der Waals surface area contributed by atoms with Crippen molar-refractivity contribution in [3.05, 3.63) is 76.2 Å². The molecule has 29 heavy (non-hydrogen) atoms. The molecule has 0 N–H and O–H groups in total. The Balaban J connectivity index is 1.38. The maximum Gasteiger partial charge on any atom is 0.207 e. The minimum atomic E-state index is -0.180. The molecule has 1 fully saturated rings. The molecule has 2 aromatic rings. The predicted octanol–water partition coefficient (Wildman–Crippen LogP) is 5.53. The SMILES string of the molecule is Cc1ccc(C)c(OC2=COC3CC(OCc4ccccc4Cl)CCC3C2=O)c1. The van der Waals surface area contributed by atoms with Crippen LogP contribution in [0.3, 0.4) is 0 Å². The van der Waals surface area contributed by atoms with Crippen LogP contribution >= 0.6 is 11.6 Å². The quantitative estimate of drug-likeness (QED) is 0.647. The molecule has 3 unspecified atom stereocenters. The molecule has 2 aromatic carbocycles. The van der Waals surface area contributed by atoms with Gasteiger partial charge in [0.15, 0.2) is 0 Å². The minimum Gasteiger partial charge on any atom is -0.493 e. The number of ketones is 1. The van der Waals surface area contributed by atoms with Crippen LogP contribution in [0.1, 0.15) is 36.0 Å². The van der Waals surface area contributed by atoms with E-state index in [9.17, 15) is 4.79 Å². The van der Waals surface area contributed by atoms with E-state index in [1.165, 1.54) is 6.26 Å². The number of Topliss-reactive ketones (excluding diaryl/α,β-unsaturated/α-hetero) is 1. The van der Waals surface area contributed by atoms with Gasteiger partial charge in [0.25, 0.3) is 0 Å². The van der Waals surface area contributed by atoms with Crippen molar-refractivity contribution in [3.8, 4) is 5.75 Å². The van der Waals surface area contributed by atoms with Crippen LogP contribution in [0, 0.1) is 19.8 Å². The third-order valence-corrected chi connectivity index (χ3v) is 6.04. The van der Waals surface area contributed by atoms with Gasteiger partial charge in [0.2, 0.25) is 11.5 Å². The highest BCUT2D eigenvalue weighted by molar-refractivity contribution is 6.31. The second-order valence-electron chi connectivity index (χ2n) is 7.84. The van der Waals surface area contributed by atoms with Crippen molar-refractivity contribution in [3.63, 3.8) is 0 Å². The number of hydrogen-bond donors (Lipinski definition) is 0. The highest BCUT2D eigenvalue weighted by Gasteiger charge is 2.41. The molecule has 0 saturated heterocycles. The fraction of sp³-hybridized carbons (Fsp3) is 0.375. The normalized spacial score (nSPS) is 23.8. The first-order chi connectivity index (χ1) is 14.0. The summed E-state index contributed by atoms with van der Waals surface area (Å²) in [6.07, 6.45) is 3.59. The lowest BCUT2D eigenvalue weighted by molar-refractivity contribution is -0.134. The summed E-state index contributed by atoms with van der Waals surface area (Å²) in [6.45, 7) is 4.43. The number of aryl methyl sites for hydroxylation is 2. The van der Waals surface area contributed by atoms with E-state index in [-0.39, 0.29) is 29.7 Å². The summed E-state index contributed by atoms with van der Waals surface area (Å²) in [5.41, 5.74) is 3.05. The standard InChI is InChI=1S/C24H25ClO4/c1-15-7-8-16(2)21(11-15)29-23-14-28-22-12-18(9-10-19(22)24(23)26)27-13-17-5-3-4-6-20(17)25/h3-8,11,14,18-19,22H,9-10,12-13H2,1-2H3. The number of halogens is 1. The van der Waals surface area contributed by atoms with E-state index in [1.54, 1.807) is 0 Å². The molecule has 1 aliphatic heterocycles. The lowest BCUT2D eigenvalue weighted by Crippen LogP contribution is -2.42. The third-order valence-electron chi connectivity index (χ3n) is 5.67. The molecule has 1 heterocycles. The van der Waals surface area contributed by atoms with Gasteiger partial charge in [0, 0.05) is 11.4 Å². The fourth-order valence-corrected chi connectivity index (χ4v) is 4.11. The van der Waals surface area contributed by atoms with Gasteiger partial charge in [-0.15, -0.1) is 0 Å². The average Bonchev–Trinajstić information content (AvgIpc) is 2.72. The Morgan fingerprint density at radius 2 is 1.97 bits per heavy atom. The Hall–Kier alpha value is -2.30. The second-order valence-corrected chi connectivity index (χ2v) is 8.24. The summed E-state index contributed by atoms with van der Waals surface area (Å²) in [5, 5.41) is 0.710. The van der Waals surface area contributed by atoms with Gasteiger partial charge in [-0.3, -0.25) is 4.79 Å². The number of hydrogen-bond acceptors (Lipinski definition) is 4. The molecular weight excluding hydrogens is 388 g/mol. The van der Waals surface area contributed by atoms with Gasteiger partial charge in [0.05, 0.1) is 18.6 Å². The molecule has 0 amide bonds. The molecule has 0 radical (unpaired) electrons. The van der Waals surface area contributed by atoms with Crippen molar-refractivity contribution in [2.75, 3.05) is 0 Å². The first-order valence-corrected chi connectivity index (χ1v) is 10.4. The van der Waals surface area contributed by atoms with Crippen LogP contribution in [0.25, 0.3) is 0 Å². The number of allylic oxidation sites excluding steroid dienone is 1. The van der Waals surface area contributed by atoms with Crippen LogP contribution in [0.2, 0.25) is 5.02 Å². The van der Waals surface area contributed by atoms with Gasteiger partial charge in [0.1, 0.15) is 18.1 Å². The molecule has 3 atom stereocenters. The van der Waals surface area contributed by atoms with Gasteiger partial charge in [-0.05, 0) is 55.5 Å². The van der Waals surface area contributed by atoms with E-state index in [0.717, 1.165) is 29.5 Å². The summed E-state index contributed by atoms with van der Waals surface area (Å²) in [7, 11) is 0. The van der Waals surface area contributed by atoms with E-state index in [4.69, 9.17) is 25.8 Å². The molecule has 4 rings (SSSR count). The molecule has 4 nitrogen and oxygen atoms in total. The number of fused-ring (bicyclic) bond motifs is 1. The number of carbonyl (C=O) groups is 1. The van der Waals surface area contributed by atoms with Crippen LogP contribution in [0.4, 0.5) is 0 Å². The average molecular weight is 413 g/mol. The summed E-state index contributed by atoms with van der Waals surface area (Å²) in [6, 6.07) is 13.6. The Bertz CT molecular complexity index is 936. The Morgan fingerprint density at radius 1 is 1.14 bits per heavy atom. The summed E-state index contributed by atoms with van der Waals surface area (Å²) in [5.74, 6) is 0.825. The number of carbonyl (C=O) groups excluding carboxylic acids is 1. The molecule has 152 valence electrons. The van der Waals surface area contributed by atoms with Crippen LogP contribution < -0.4 is 4.74 Å². The number of benzene rings is 2. The number of rotatable bonds is 5. The largest absolute Gasteiger partial charge is 0.493 e. The second kappa shape index (κ2) is 8.60. The third kappa shape index (κ3) is 4.49. The summed E-state index contributed by atoms with van der Waals surface area (Å²) < 4.78 is 17.9. The highest BCUT2D eigenvalue weighted by Crippen LogP contribution is 2.36. The summed E-state index contributed by atoms with van der Waals surface area (Å²) >= 11 is 6.20. The van der Waals surface area contributed by atoms with E-state index < -0.39 is 0 Å². The Kier molecular flexibility index (Phi) is 5.93. The van der Waals surface area contributed by atoms with Gasteiger partial charge < -0.3 is 14.2 Å². The van der Waals surface area contributed by atoms with Crippen LogP contribution in [0.5, 0.6) is 5.75 Å². The Morgan fingerprint density at radius 3 is 2.79 bits per heavy atom. The van der Waals surface area contributed by atoms with Crippen molar-refractivity contribution in [1.82, 2.24) is 0 Å². The van der Waals surface area contributed by atoms with E-state index >= 15 is 0 Å². The van der Waals surface area contributed by atoms with Crippen LogP contribution in [-0.2, 0) is 20.9 Å². The topological polar surface area (TPSA) is 44.8 Å². The molecule has 0 aromatic heterocycles. The van der Waals surface area contributed by atoms with Gasteiger partial charge in [-0.25, -0.2) is 0 Å². The summed E-state index contributed by atoms with van der Waals surface area (Å²) in [4.78, 5) is 13.0. The van der Waals surface area contributed by atoms with E-state index in [0.29, 0.717) is 23.8 Å². The van der Waals surface area contributed by atoms with Crippen molar-refractivity contribution in [1.29, 1.82) is 0 Å². The van der Waals surface area contributed by atoms with Crippen LogP contribution in [0.15, 0.2) is 54.5 Å². The highest BCUT2D eigenvalue weighted by atomic mass is 35.5. The first-order valence-electron chi connectivity index (χ1n) is 10.0. The first kappa shape index (κ1) is 20.0. The Labute approximate surface area is 176 Å². The van der Waals surface area contributed by atoms with Gasteiger partial charge >= 0.3 is 0 Å². The molecular formula is C24H25ClO4. The van der Waals surface area contributed by atoms with Crippen LogP contribution in [-0.4, -0.2) is 18.0 Å². The van der Waals surface area contributed by atoms with E-state index in [1.807, 2.05) is 56.3 Å². The number of ether oxygens (including phenoxy) is 3. The lowest BCUT2D eigenvalue weighted by atomic mass is 9.80. The molecule has 1 aliphatic carbocycles. The smallest absolute Gasteiger partial charge is 0.207 e. The molecule has 1 saturated carbocycles. The molecule has 2 aliphatic rings. The predicted molar refractivity (Wildman–Crippen MR) is 112 cm³/mol. The fourth-order valence-electron chi connectivity index (χ4n) is 3.92. The van der Waals surface area contributed by atoms with E-state index in [2.05, 4.69) is 0 Å². The van der Waals surface area contributed by atoms with Gasteiger partial charge in [-0.1, -0.05) is 41.9 Å². The van der Waals surface area contributed by atoms with Crippen molar-refractivity contribution in [2.45, 2.75) is 51.9 Å². The zero-order valence-corrected chi connectivity index (χ0v) is 17.4. The van der Waals surface area contributed by atoms with Gasteiger partial charge in [-0.2, -0.15) is 0 Å². The maximum atomic E-state index is 13.0. The maximum absolute atomic E-state index is 13.0. The van der Waals surface area contributed by atoms with Crippen molar-refractivity contribution in [2.24, 2.45) is 5.92 Å². The zero-order chi connectivity index (χ0) is 20.4. The molecule has 0 spiro atoms.